The highest BCUT2D eigenvalue weighted by atomic mass is 16.2. The summed E-state index contributed by atoms with van der Waals surface area (Å²) in [6.07, 6.45) is 2.96. The number of rotatable bonds is 7. The molecule has 0 bridgehead atoms. The maximum absolute atomic E-state index is 12.0. The molecule has 0 atom stereocenters. The highest BCUT2D eigenvalue weighted by molar-refractivity contribution is 5.93. The Morgan fingerprint density at radius 1 is 1.04 bits per heavy atom. The van der Waals surface area contributed by atoms with E-state index < -0.39 is 0 Å². The quantitative estimate of drug-likeness (QED) is 0.705. The molecule has 0 unspecified atom stereocenters. The van der Waals surface area contributed by atoms with Crippen molar-refractivity contribution in [1.29, 1.82) is 0 Å². The molecule has 0 aliphatic heterocycles. The molecule has 2 aromatic rings. The summed E-state index contributed by atoms with van der Waals surface area (Å²) in [7, 11) is 3.89. The van der Waals surface area contributed by atoms with E-state index in [1.165, 1.54) is 19.3 Å². The standard InChI is InChI=1S/C17H22N6O2/c1-12(24)21-14-4-6-15(7-5-14)22-17-19-10-13(11-20-17)16(25)18-8-9-23(2)3/h4-7,10-11H,8-9H2,1-3H3,(H,18,25)(H,21,24)(H,19,20,22). The van der Waals surface area contributed by atoms with Crippen molar-refractivity contribution >= 4 is 29.1 Å². The average Bonchev–Trinajstić information content (AvgIpc) is 2.56. The van der Waals surface area contributed by atoms with E-state index >= 15 is 0 Å². The lowest BCUT2D eigenvalue weighted by molar-refractivity contribution is -0.114. The molecule has 1 heterocycles. The van der Waals surface area contributed by atoms with E-state index in [-0.39, 0.29) is 11.8 Å². The summed E-state index contributed by atoms with van der Waals surface area (Å²) in [4.78, 5) is 33.2. The van der Waals surface area contributed by atoms with Gasteiger partial charge in [-0.15, -0.1) is 0 Å². The van der Waals surface area contributed by atoms with Gasteiger partial charge in [0, 0.05) is 43.8 Å². The van der Waals surface area contributed by atoms with Gasteiger partial charge in [-0.05, 0) is 38.4 Å². The molecule has 1 aromatic carbocycles. The number of likely N-dealkylation sites (N-methyl/N-ethyl adjacent to an activating group) is 1. The highest BCUT2D eigenvalue weighted by Gasteiger charge is 2.07. The number of aromatic nitrogens is 2. The molecule has 25 heavy (non-hydrogen) atoms. The molecule has 8 nitrogen and oxygen atoms in total. The van der Waals surface area contributed by atoms with E-state index in [1.54, 1.807) is 24.3 Å². The van der Waals surface area contributed by atoms with Crippen LogP contribution in [0.25, 0.3) is 0 Å². The second-order valence-electron chi connectivity index (χ2n) is 5.74. The molecule has 3 N–H and O–H groups in total. The van der Waals surface area contributed by atoms with Gasteiger partial charge >= 0.3 is 0 Å². The van der Waals surface area contributed by atoms with Crippen molar-refractivity contribution in [1.82, 2.24) is 20.2 Å². The monoisotopic (exact) mass is 342 g/mol. The number of nitrogens with zero attached hydrogens (tertiary/aromatic N) is 3. The van der Waals surface area contributed by atoms with Gasteiger partial charge in [-0.2, -0.15) is 0 Å². The van der Waals surface area contributed by atoms with Crippen LogP contribution in [-0.2, 0) is 4.79 Å². The first kappa shape index (κ1) is 18.3. The van der Waals surface area contributed by atoms with Crippen LogP contribution in [0.2, 0.25) is 0 Å². The van der Waals surface area contributed by atoms with Crippen molar-refractivity contribution in [3.63, 3.8) is 0 Å². The van der Waals surface area contributed by atoms with Crippen LogP contribution in [0.5, 0.6) is 0 Å². The van der Waals surface area contributed by atoms with Crippen LogP contribution in [0.1, 0.15) is 17.3 Å². The van der Waals surface area contributed by atoms with Crippen molar-refractivity contribution < 1.29 is 9.59 Å². The van der Waals surface area contributed by atoms with Gasteiger partial charge in [-0.1, -0.05) is 0 Å². The predicted molar refractivity (Wildman–Crippen MR) is 96.9 cm³/mol. The lowest BCUT2D eigenvalue weighted by atomic mass is 10.3. The smallest absolute Gasteiger partial charge is 0.254 e. The largest absolute Gasteiger partial charge is 0.351 e. The molecule has 132 valence electrons. The molecule has 0 spiro atoms. The van der Waals surface area contributed by atoms with Crippen LogP contribution in [0.15, 0.2) is 36.7 Å². The van der Waals surface area contributed by atoms with E-state index in [2.05, 4.69) is 25.9 Å². The second-order valence-corrected chi connectivity index (χ2v) is 5.74. The van der Waals surface area contributed by atoms with E-state index in [1.807, 2.05) is 19.0 Å². The molecule has 2 amide bonds. The van der Waals surface area contributed by atoms with Crippen LogP contribution >= 0.6 is 0 Å². The second kappa shape index (κ2) is 8.74. The lowest BCUT2D eigenvalue weighted by Gasteiger charge is -2.10. The Bertz CT molecular complexity index is 713. The van der Waals surface area contributed by atoms with Crippen molar-refractivity contribution in [2.45, 2.75) is 6.92 Å². The van der Waals surface area contributed by atoms with Crippen molar-refractivity contribution in [3.8, 4) is 0 Å². The first-order valence-corrected chi connectivity index (χ1v) is 7.83. The number of amides is 2. The topological polar surface area (TPSA) is 99.2 Å². The fraction of sp³-hybridized carbons (Fsp3) is 0.294. The average molecular weight is 342 g/mol. The number of nitrogens with one attached hydrogen (secondary N) is 3. The van der Waals surface area contributed by atoms with Crippen molar-refractivity contribution in [2.24, 2.45) is 0 Å². The Kier molecular flexibility index (Phi) is 6.41. The number of benzene rings is 1. The molecule has 0 saturated heterocycles. The van der Waals surface area contributed by atoms with Crippen LogP contribution in [0.4, 0.5) is 17.3 Å². The third kappa shape index (κ3) is 6.19. The summed E-state index contributed by atoms with van der Waals surface area (Å²) < 4.78 is 0. The number of carbonyl (C=O) groups excluding carboxylic acids is 2. The minimum absolute atomic E-state index is 0.122. The summed E-state index contributed by atoms with van der Waals surface area (Å²) in [5.74, 6) is 0.0636. The summed E-state index contributed by atoms with van der Waals surface area (Å²) >= 11 is 0. The van der Waals surface area contributed by atoms with E-state index in [0.29, 0.717) is 23.7 Å². The normalized spacial score (nSPS) is 10.4. The van der Waals surface area contributed by atoms with Crippen LogP contribution in [-0.4, -0.2) is 53.9 Å². The van der Waals surface area contributed by atoms with Crippen molar-refractivity contribution in [2.75, 3.05) is 37.8 Å². The van der Waals surface area contributed by atoms with Gasteiger partial charge in [0.15, 0.2) is 0 Å². The minimum Gasteiger partial charge on any atom is -0.351 e. The predicted octanol–water partition coefficient (Wildman–Crippen LogP) is 1.47. The van der Waals surface area contributed by atoms with E-state index in [9.17, 15) is 9.59 Å². The minimum atomic E-state index is -0.201. The fourth-order valence-corrected chi connectivity index (χ4v) is 1.97. The molecular weight excluding hydrogens is 320 g/mol. The van der Waals surface area contributed by atoms with Crippen LogP contribution in [0, 0.1) is 0 Å². The van der Waals surface area contributed by atoms with E-state index in [4.69, 9.17) is 0 Å². The Balaban J connectivity index is 1.91. The SMILES string of the molecule is CC(=O)Nc1ccc(Nc2ncc(C(=O)NCCN(C)C)cn2)cc1. The van der Waals surface area contributed by atoms with Gasteiger partial charge in [0.1, 0.15) is 0 Å². The first-order valence-electron chi connectivity index (χ1n) is 7.83. The molecule has 0 aliphatic rings. The Labute approximate surface area is 146 Å². The molecule has 0 fully saturated rings. The molecular formula is C17H22N6O2. The third-order valence-corrected chi connectivity index (χ3v) is 3.22. The fourth-order valence-electron chi connectivity index (χ4n) is 1.97. The molecule has 0 aliphatic carbocycles. The Hall–Kier alpha value is -3.00. The molecule has 0 radical (unpaired) electrons. The number of hydrogen-bond acceptors (Lipinski definition) is 6. The summed E-state index contributed by atoms with van der Waals surface area (Å²) in [5, 5.41) is 8.54. The first-order chi connectivity index (χ1) is 11.9. The zero-order valence-corrected chi connectivity index (χ0v) is 14.5. The van der Waals surface area contributed by atoms with Crippen LogP contribution < -0.4 is 16.0 Å². The zero-order valence-electron chi connectivity index (χ0n) is 14.5. The molecule has 2 rings (SSSR count). The number of anilines is 3. The van der Waals surface area contributed by atoms with E-state index in [0.717, 1.165) is 12.2 Å². The highest BCUT2D eigenvalue weighted by Crippen LogP contribution is 2.16. The number of carbonyl (C=O) groups is 2. The zero-order chi connectivity index (χ0) is 18.2. The van der Waals surface area contributed by atoms with Crippen LogP contribution in [0.3, 0.4) is 0 Å². The molecule has 0 saturated carbocycles. The third-order valence-electron chi connectivity index (χ3n) is 3.22. The van der Waals surface area contributed by atoms with Gasteiger partial charge in [0.25, 0.3) is 5.91 Å². The Morgan fingerprint density at radius 3 is 2.20 bits per heavy atom. The van der Waals surface area contributed by atoms with Gasteiger partial charge in [0.05, 0.1) is 5.56 Å². The summed E-state index contributed by atoms with van der Waals surface area (Å²) in [6, 6.07) is 7.15. The van der Waals surface area contributed by atoms with Gasteiger partial charge in [-0.25, -0.2) is 9.97 Å². The maximum atomic E-state index is 12.0. The van der Waals surface area contributed by atoms with Gasteiger partial charge in [-0.3, -0.25) is 9.59 Å². The lowest BCUT2D eigenvalue weighted by Crippen LogP contribution is -2.31. The summed E-state index contributed by atoms with van der Waals surface area (Å²) in [5.41, 5.74) is 1.89. The van der Waals surface area contributed by atoms with Gasteiger partial charge < -0.3 is 20.9 Å². The number of hydrogen-bond donors (Lipinski definition) is 3. The maximum Gasteiger partial charge on any atom is 0.254 e. The summed E-state index contributed by atoms with van der Waals surface area (Å²) in [6.45, 7) is 2.78. The molecule has 1 aromatic heterocycles. The van der Waals surface area contributed by atoms with Gasteiger partial charge in [0.2, 0.25) is 11.9 Å². The van der Waals surface area contributed by atoms with Crippen molar-refractivity contribution in [3.05, 3.63) is 42.2 Å². The Morgan fingerprint density at radius 2 is 1.64 bits per heavy atom. The molecule has 8 heteroatoms.